The molecule has 0 radical (unpaired) electrons. The van der Waals surface area contributed by atoms with Gasteiger partial charge in [-0.1, -0.05) is 41.9 Å². The van der Waals surface area contributed by atoms with E-state index in [1.165, 1.54) is 7.11 Å². The van der Waals surface area contributed by atoms with Gasteiger partial charge in [0.05, 0.1) is 26.2 Å². The van der Waals surface area contributed by atoms with Crippen molar-refractivity contribution in [1.29, 1.82) is 0 Å². The number of halogens is 1. The first-order valence-corrected chi connectivity index (χ1v) is 8.13. The minimum atomic E-state index is -0.584. The fourth-order valence-corrected chi connectivity index (χ4v) is 2.72. The molecule has 0 heterocycles. The molecule has 2 rings (SSSR count). The minimum Gasteiger partial charge on any atom is -0.469 e. The Morgan fingerprint density at radius 3 is 2.56 bits per heavy atom. The molecule has 0 aliphatic rings. The van der Waals surface area contributed by atoms with Gasteiger partial charge in [0.25, 0.3) is 5.91 Å². The molecule has 0 saturated carbocycles. The van der Waals surface area contributed by atoms with Crippen molar-refractivity contribution in [3.05, 3.63) is 70.2 Å². The Morgan fingerprint density at radius 2 is 1.88 bits per heavy atom. The molecule has 0 fully saturated rings. The molecule has 1 amide bonds. The van der Waals surface area contributed by atoms with Crippen LogP contribution in [0.4, 0.5) is 0 Å². The van der Waals surface area contributed by atoms with E-state index in [0.29, 0.717) is 22.8 Å². The van der Waals surface area contributed by atoms with Gasteiger partial charge in [0.2, 0.25) is 0 Å². The van der Waals surface area contributed by atoms with Crippen LogP contribution in [-0.2, 0) is 20.9 Å². The summed E-state index contributed by atoms with van der Waals surface area (Å²) < 4.78 is 9.82. The molecule has 25 heavy (non-hydrogen) atoms. The minimum absolute atomic E-state index is 0.0102. The van der Waals surface area contributed by atoms with E-state index in [-0.39, 0.29) is 12.3 Å². The first-order chi connectivity index (χ1) is 12.0. The number of rotatable bonds is 7. The molecule has 1 N–H and O–H groups in total. The fourth-order valence-electron chi connectivity index (χ4n) is 2.46. The van der Waals surface area contributed by atoms with Gasteiger partial charge in [0.15, 0.2) is 0 Å². The lowest BCUT2D eigenvalue weighted by molar-refractivity contribution is -0.141. The van der Waals surface area contributed by atoms with Crippen LogP contribution in [0.3, 0.4) is 0 Å². The SMILES string of the molecule is COCc1cccc(C(=O)NC(CC(=O)OC)c2ccccc2Cl)c1. The van der Waals surface area contributed by atoms with Gasteiger partial charge in [-0.25, -0.2) is 0 Å². The summed E-state index contributed by atoms with van der Waals surface area (Å²) in [6.07, 6.45) is -0.0102. The lowest BCUT2D eigenvalue weighted by Gasteiger charge is -2.19. The predicted octanol–water partition coefficient (Wildman–Crippen LogP) is 3.52. The summed E-state index contributed by atoms with van der Waals surface area (Å²) in [5.41, 5.74) is 2.03. The van der Waals surface area contributed by atoms with Crippen LogP contribution in [0.2, 0.25) is 5.02 Å². The molecule has 0 bridgehead atoms. The second kappa shape index (κ2) is 9.20. The van der Waals surface area contributed by atoms with Gasteiger partial charge in [-0.05, 0) is 29.3 Å². The number of carbonyl (C=O) groups is 2. The molecule has 0 aliphatic carbocycles. The molecule has 5 nitrogen and oxygen atoms in total. The van der Waals surface area contributed by atoms with Crippen LogP contribution < -0.4 is 5.32 Å². The van der Waals surface area contributed by atoms with Gasteiger partial charge in [0, 0.05) is 17.7 Å². The normalized spacial score (nSPS) is 11.6. The molecular formula is C19H20ClNO4. The van der Waals surface area contributed by atoms with Crippen molar-refractivity contribution >= 4 is 23.5 Å². The topological polar surface area (TPSA) is 64.6 Å². The monoisotopic (exact) mass is 361 g/mol. The van der Waals surface area contributed by atoms with Crippen molar-refractivity contribution in [2.45, 2.75) is 19.1 Å². The molecule has 0 saturated heterocycles. The van der Waals surface area contributed by atoms with Crippen LogP contribution in [0.25, 0.3) is 0 Å². The zero-order chi connectivity index (χ0) is 18.2. The molecule has 0 aliphatic heterocycles. The highest BCUT2D eigenvalue weighted by Gasteiger charge is 2.21. The highest BCUT2D eigenvalue weighted by Crippen LogP contribution is 2.26. The Balaban J connectivity index is 2.24. The molecule has 1 unspecified atom stereocenters. The highest BCUT2D eigenvalue weighted by molar-refractivity contribution is 6.31. The largest absolute Gasteiger partial charge is 0.469 e. The molecule has 2 aromatic carbocycles. The first kappa shape index (κ1) is 19.0. The summed E-state index contributed by atoms with van der Waals surface area (Å²) in [6.45, 7) is 0.414. The van der Waals surface area contributed by atoms with Crippen molar-refractivity contribution in [2.75, 3.05) is 14.2 Å². The van der Waals surface area contributed by atoms with Crippen LogP contribution in [0, 0.1) is 0 Å². The maximum atomic E-state index is 12.6. The number of hydrogen-bond donors (Lipinski definition) is 1. The van der Waals surface area contributed by atoms with Crippen LogP contribution >= 0.6 is 11.6 Å². The van der Waals surface area contributed by atoms with Crippen molar-refractivity contribution in [3.8, 4) is 0 Å². The number of ether oxygens (including phenoxy) is 2. The third-order valence-electron chi connectivity index (χ3n) is 3.68. The zero-order valence-electron chi connectivity index (χ0n) is 14.1. The van der Waals surface area contributed by atoms with E-state index >= 15 is 0 Å². The average Bonchev–Trinajstić information content (AvgIpc) is 2.62. The molecule has 6 heteroatoms. The Bertz CT molecular complexity index is 748. The number of carbonyl (C=O) groups excluding carboxylic acids is 2. The molecular weight excluding hydrogens is 342 g/mol. The molecule has 132 valence electrons. The van der Waals surface area contributed by atoms with Gasteiger partial charge >= 0.3 is 5.97 Å². The van der Waals surface area contributed by atoms with E-state index in [0.717, 1.165) is 5.56 Å². The van der Waals surface area contributed by atoms with Crippen LogP contribution in [0.15, 0.2) is 48.5 Å². The Hall–Kier alpha value is -2.37. The Kier molecular flexibility index (Phi) is 6.98. The third kappa shape index (κ3) is 5.31. The van der Waals surface area contributed by atoms with Crippen LogP contribution in [-0.4, -0.2) is 26.1 Å². The Morgan fingerprint density at radius 1 is 1.12 bits per heavy atom. The number of hydrogen-bond acceptors (Lipinski definition) is 4. The molecule has 2 aromatic rings. The van der Waals surface area contributed by atoms with Crippen molar-refractivity contribution < 1.29 is 19.1 Å². The summed E-state index contributed by atoms with van der Waals surface area (Å²) in [5, 5.41) is 3.34. The van der Waals surface area contributed by atoms with Crippen molar-refractivity contribution in [3.63, 3.8) is 0 Å². The number of esters is 1. The van der Waals surface area contributed by atoms with E-state index < -0.39 is 12.0 Å². The molecule has 1 atom stereocenters. The summed E-state index contributed by atoms with van der Waals surface area (Å²) in [5.74, 6) is -0.731. The van der Waals surface area contributed by atoms with Crippen LogP contribution in [0.5, 0.6) is 0 Å². The second-order valence-corrected chi connectivity index (χ2v) is 5.87. The van der Waals surface area contributed by atoms with E-state index in [2.05, 4.69) is 5.32 Å². The van der Waals surface area contributed by atoms with Crippen molar-refractivity contribution in [2.24, 2.45) is 0 Å². The van der Waals surface area contributed by atoms with E-state index in [9.17, 15) is 9.59 Å². The number of methoxy groups -OCH3 is 2. The van der Waals surface area contributed by atoms with Gasteiger partial charge in [0.1, 0.15) is 0 Å². The molecule has 0 spiro atoms. The summed E-state index contributed by atoms with van der Waals surface area (Å²) in [4.78, 5) is 24.3. The summed E-state index contributed by atoms with van der Waals surface area (Å²) in [6, 6.07) is 13.6. The van der Waals surface area contributed by atoms with Gasteiger partial charge in [-0.3, -0.25) is 9.59 Å². The quantitative estimate of drug-likeness (QED) is 0.766. The average molecular weight is 362 g/mol. The zero-order valence-corrected chi connectivity index (χ0v) is 14.9. The fraction of sp³-hybridized carbons (Fsp3) is 0.263. The number of amides is 1. The van der Waals surface area contributed by atoms with E-state index in [1.54, 1.807) is 49.6 Å². The lowest BCUT2D eigenvalue weighted by Crippen LogP contribution is -2.30. The van der Waals surface area contributed by atoms with E-state index in [1.807, 2.05) is 6.07 Å². The molecule has 0 aromatic heterocycles. The lowest BCUT2D eigenvalue weighted by atomic mass is 10.0. The summed E-state index contributed by atoms with van der Waals surface area (Å²) >= 11 is 6.22. The first-order valence-electron chi connectivity index (χ1n) is 7.75. The van der Waals surface area contributed by atoms with Crippen LogP contribution in [0.1, 0.15) is 33.9 Å². The predicted molar refractivity (Wildman–Crippen MR) is 95.4 cm³/mol. The maximum Gasteiger partial charge on any atom is 0.307 e. The van der Waals surface area contributed by atoms with E-state index in [4.69, 9.17) is 21.1 Å². The summed E-state index contributed by atoms with van der Waals surface area (Å²) in [7, 11) is 2.90. The standard InChI is InChI=1S/C19H20ClNO4/c1-24-12-13-6-5-7-14(10-13)19(23)21-17(11-18(22)25-2)15-8-3-4-9-16(15)20/h3-10,17H,11-12H2,1-2H3,(H,21,23). The number of benzene rings is 2. The Labute approximate surface area is 151 Å². The third-order valence-corrected chi connectivity index (χ3v) is 4.03. The van der Waals surface area contributed by atoms with Gasteiger partial charge in [-0.2, -0.15) is 0 Å². The maximum absolute atomic E-state index is 12.6. The number of nitrogens with one attached hydrogen (secondary N) is 1. The smallest absolute Gasteiger partial charge is 0.307 e. The highest BCUT2D eigenvalue weighted by atomic mass is 35.5. The van der Waals surface area contributed by atoms with Gasteiger partial charge < -0.3 is 14.8 Å². The van der Waals surface area contributed by atoms with Gasteiger partial charge in [-0.15, -0.1) is 0 Å². The van der Waals surface area contributed by atoms with Crippen molar-refractivity contribution in [1.82, 2.24) is 5.32 Å². The second-order valence-electron chi connectivity index (χ2n) is 5.46.